The highest BCUT2D eigenvalue weighted by molar-refractivity contribution is 6.31. The number of anilines is 1. The molecule has 1 aromatic heterocycles. The lowest BCUT2D eigenvalue weighted by molar-refractivity contribution is -0.142. The number of ether oxygens (including phenoxy) is 1. The fourth-order valence-corrected chi connectivity index (χ4v) is 3.61. The number of carbonyl (C=O) groups is 1. The molecule has 0 radical (unpaired) electrons. The number of fused-ring (bicyclic) bond motifs is 1. The Labute approximate surface area is 187 Å². The van der Waals surface area contributed by atoms with E-state index in [0.29, 0.717) is 16.3 Å². The van der Waals surface area contributed by atoms with Crippen molar-refractivity contribution >= 4 is 34.2 Å². The molecule has 1 atom stereocenters. The number of aromatic nitrogens is 2. The van der Waals surface area contributed by atoms with Crippen molar-refractivity contribution < 1.29 is 22.7 Å². The molecule has 170 valence electrons. The molecule has 0 saturated carbocycles. The summed E-state index contributed by atoms with van der Waals surface area (Å²) in [6.07, 6.45) is -4.92. The maximum atomic E-state index is 13.6. The lowest BCUT2D eigenvalue weighted by atomic mass is 10.1. The summed E-state index contributed by atoms with van der Waals surface area (Å²) in [6.45, 7) is 5.10. The normalized spacial score (nSPS) is 12.6. The van der Waals surface area contributed by atoms with Gasteiger partial charge in [-0.05, 0) is 61.7 Å². The molecule has 1 N–H and O–H groups in total. The predicted molar refractivity (Wildman–Crippen MR) is 116 cm³/mol. The SMILES string of the molecule is CC[C@H](C(=O)Nc1cc(Cl)ccc1OC)n1c(=O)c(C(F)(F)F)nc2cc(C)c(C)cc21. The van der Waals surface area contributed by atoms with Crippen molar-refractivity contribution in [2.75, 3.05) is 12.4 Å². The number of nitrogens with one attached hydrogen (secondary N) is 1. The molecule has 0 aliphatic rings. The van der Waals surface area contributed by atoms with Crippen molar-refractivity contribution in [2.24, 2.45) is 0 Å². The van der Waals surface area contributed by atoms with Gasteiger partial charge >= 0.3 is 6.18 Å². The Hall–Kier alpha value is -3.07. The van der Waals surface area contributed by atoms with Crippen LogP contribution in [-0.2, 0) is 11.0 Å². The molecule has 3 aromatic rings. The van der Waals surface area contributed by atoms with E-state index in [4.69, 9.17) is 16.3 Å². The predicted octanol–water partition coefficient (Wildman–Crippen LogP) is 5.28. The van der Waals surface area contributed by atoms with Gasteiger partial charge in [0.25, 0.3) is 5.56 Å². The molecule has 0 unspecified atom stereocenters. The second-order valence-electron chi connectivity index (χ2n) is 7.32. The van der Waals surface area contributed by atoms with Crippen LogP contribution in [0.3, 0.4) is 0 Å². The van der Waals surface area contributed by atoms with Crippen molar-refractivity contribution in [3.63, 3.8) is 0 Å². The fourth-order valence-electron chi connectivity index (χ4n) is 3.43. The molecule has 0 saturated heterocycles. The highest BCUT2D eigenvalue weighted by atomic mass is 35.5. The van der Waals surface area contributed by atoms with Crippen LogP contribution < -0.4 is 15.6 Å². The second-order valence-corrected chi connectivity index (χ2v) is 7.75. The summed E-state index contributed by atoms with van der Waals surface area (Å²) in [7, 11) is 1.40. The summed E-state index contributed by atoms with van der Waals surface area (Å²) in [5.74, 6) is -0.374. The first-order chi connectivity index (χ1) is 15.0. The molecule has 1 amide bonds. The monoisotopic (exact) mass is 467 g/mol. The Balaban J connectivity index is 2.22. The number of alkyl halides is 3. The van der Waals surface area contributed by atoms with E-state index in [0.717, 1.165) is 10.1 Å². The third-order valence-corrected chi connectivity index (χ3v) is 5.43. The number of nitrogens with zero attached hydrogens (tertiary/aromatic N) is 2. The van der Waals surface area contributed by atoms with Gasteiger partial charge in [-0.1, -0.05) is 18.5 Å². The van der Waals surface area contributed by atoms with Gasteiger partial charge in [0.1, 0.15) is 11.8 Å². The van der Waals surface area contributed by atoms with Crippen molar-refractivity contribution in [2.45, 2.75) is 39.4 Å². The van der Waals surface area contributed by atoms with E-state index in [1.807, 2.05) is 0 Å². The third kappa shape index (κ3) is 4.43. The van der Waals surface area contributed by atoms with Crippen LogP contribution in [0.2, 0.25) is 5.02 Å². The molecular weight excluding hydrogens is 447 g/mol. The molecule has 10 heteroatoms. The highest BCUT2D eigenvalue weighted by Crippen LogP contribution is 2.31. The summed E-state index contributed by atoms with van der Waals surface area (Å²) in [6, 6.07) is 6.36. The molecule has 1 heterocycles. The molecule has 0 fully saturated rings. The van der Waals surface area contributed by atoms with E-state index >= 15 is 0 Å². The summed E-state index contributed by atoms with van der Waals surface area (Å²) in [5.41, 5.74) is -1.13. The Morgan fingerprint density at radius 2 is 1.88 bits per heavy atom. The van der Waals surface area contributed by atoms with Crippen LogP contribution in [0, 0.1) is 13.8 Å². The minimum Gasteiger partial charge on any atom is -0.495 e. The van der Waals surface area contributed by atoms with Gasteiger partial charge in [0.05, 0.1) is 23.8 Å². The van der Waals surface area contributed by atoms with Crippen LogP contribution in [0.15, 0.2) is 35.1 Å². The number of amides is 1. The van der Waals surface area contributed by atoms with E-state index in [9.17, 15) is 22.8 Å². The number of halogens is 4. The fraction of sp³-hybridized carbons (Fsp3) is 0.318. The summed E-state index contributed by atoms with van der Waals surface area (Å²) < 4.78 is 46.8. The van der Waals surface area contributed by atoms with E-state index in [1.165, 1.54) is 19.2 Å². The minimum atomic E-state index is -4.98. The summed E-state index contributed by atoms with van der Waals surface area (Å²) in [4.78, 5) is 29.7. The number of benzene rings is 2. The molecule has 2 aromatic carbocycles. The van der Waals surface area contributed by atoms with Crippen LogP contribution in [-0.4, -0.2) is 22.6 Å². The lowest BCUT2D eigenvalue weighted by Gasteiger charge is -2.22. The van der Waals surface area contributed by atoms with Crippen molar-refractivity contribution in [1.29, 1.82) is 0 Å². The maximum Gasteiger partial charge on any atom is 0.438 e. The zero-order valence-corrected chi connectivity index (χ0v) is 18.6. The molecule has 6 nitrogen and oxygen atoms in total. The summed E-state index contributed by atoms with van der Waals surface area (Å²) >= 11 is 6.00. The first-order valence-corrected chi connectivity index (χ1v) is 10.1. The molecule has 0 bridgehead atoms. The number of carbonyl (C=O) groups excluding carboxylic acids is 1. The largest absolute Gasteiger partial charge is 0.495 e. The van der Waals surface area contributed by atoms with Gasteiger partial charge in [-0.2, -0.15) is 13.2 Å². The van der Waals surface area contributed by atoms with E-state index in [2.05, 4.69) is 10.3 Å². The van der Waals surface area contributed by atoms with E-state index < -0.39 is 29.4 Å². The first kappa shape index (κ1) is 23.6. The number of methoxy groups -OCH3 is 1. The summed E-state index contributed by atoms with van der Waals surface area (Å²) in [5, 5.41) is 2.94. The molecular formula is C22H21ClF3N3O3. The molecule has 3 rings (SSSR count). The molecule has 0 aliphatic heterocycles. The zero-order valence-electron chi connectivity index (χ0n) is 17.8. The Kier molecular flexibility index (Phi) is 6.50. The number of rotatable bonds is 5. The van der Waals surface area contributed by atoms with Crippen LogP contribution in [0.25, 0.3) is 11.0 Å². The van der Waals surface area contributed by atoms with Gasteiger partial charge in [-0.25, -0.2) is 4.98 Å². The van der Waals surface area contributed by atoms with Gasteiger partial charge in [-0.15, -0.1) is 0 Å². The molecule has 0 spiro atoms. The van der Waals surface area contributed by atoms with Crippen molar-refractivity contribution in [3.05, 3.63) is 62.5 Å². The first-order valence-electron chi connectivity index (χ1n) is 9.73. The number of aryl methyl sites for hydroxylation is 2. The second kappa shape index (κ2) is 8.82. The van der Waals surface area contributed by atoms with E-state index in [1.54, 1.807) is 39.0 Å². The van der Waals surface area contributed by atoms with Gasteiger partial charge in [0, 0.05) is 5.02 Å². The Morgan fingerprint density at radius 1 is 1.22 bits per heavy atom. The van der Waals surface area contributed by atoms with Crippen molar-refractivity contribution in [1.82, 2.24) is 9.55 Å². The molecule has 32 heavy (non-hydrogen) atoms. The van der Waals surface area contributed by atoms with Gasteiger partial charge < -0.3 is 10.1 Å². The Bertz CT molecular complexity index is 1260. The van der Waals surface area contributed by atoms with Crippen LogP contribution in [0.5, 0.6) is 5.75 Å². The topological polar surface area (TPSA) is 73.2 Å². The lowest BCUT2D eigenvalue weighted by Crippen LogP contribution is -2.37. The van der Waals surface area contributed by atoms with Crippen LogP contribution >= 0.6 is 11.6 Å². The van der Waals surface area contributed by atoms with Gasteiger partial charge in [-0.3, -0.25) is 14.2 Å². The average Bonchev–Trinajstić information content (AvgIpc) is 2.70. The smallest absolute Gasteiger partial charge is 0.438 e. The number of hydrogen-bond donors (Lipinski definition) is 1. The standard InChI is InChI=1S/C22H21ClF3N3O3/c1-5-16(20(30)28-15-10-13(23)6-7-18(15)32-4)29-17-9-12(3)11(2)8-14(17)27-19(21(29)31)22(24,25)26/h6-10,16H,5H2,1-4H3,(H,28,30)/t16-/m1/s1. The zero-order chi connectivity index (χ0) is 23.8. The number of hydrogen-bond acceptors (Lipinski definition) is 4. The third-order valence-electron chi connectivity index (χ3n) is 5.19. The van der Waals surface area contributed by atoms with Crippen LogP contribution in [0.4, 0.5) is 18.9 Å². The minimum absolute atomic E-state index is 0.0217. The average molecular weight is 468 g/mol. The van der Waals surface area contributed by atoms with Crippen LogP contribution in [0.1, 0.15) is 36.2 Å². The highest BCUT2D eigenvalue weighted by Gasteiger charge is 2.39. The van der Waals surface area contributed by atoms with Crippen molar-refractivity contribution in [3.8, 4) is 5.75 Å². The van der Waals surface area contributed by atoms with E-state index in [-0.39, 0.29) is 23.1 Å². The van der Waals surface area contributed by atoms with Gasteiger partial charge in [0.2, 0.25) is 11.6 Å². The maximum absolute atomic E-state index is 13.6. The molecule has 0 aliphatic carbocycles. The van der Waals surface area contributed by atoms with Gasteiger partial charge in [0.15, 0.2) is 0 Å². The quantitative estimate of drug-likeness (QED) is 0.553. The Morgan fingerprint density at radius 3 is 2.47 bits per heavy atom.